The van der Waals surface area contributed by atoms with Gasteiger partial charge in [-0.1, -0.05) is 19.4 Å². The van der Waals surface area contributed by atoms with Gasteiger partial charge in [-0.05, 0) is 53.6 Å². The maximum atomic E-state index is 5.92. The summed E-state index contributed by atoms with van der Waals surface area (Å²) in [6.45, 7) is 6.52. The number of hydrogen-bond acceptors (Lipinski definition) is 2. The number of allylic oxidation sites excluding steroid dienone is 1. The zero-order chi connectivity index (χ0) is 13.7. The van der Waals surface area contributed by atoms with Gasteiger partial charge >= 0.3 is 0 Å². The number of ether oxygens (including phenoxy) is 2. The highest BCUT2D eigenvalue weighted by molar-refractivity contribution is 14.1. The van der Waals surface area contributed by atoms with E-state index in [9.17, 15) is 0 Å². The standard InChI is InChI=1S/C16H19IO2/c1-3-5-9-18-16-12(6-4-2)10-13-11-14(17)7-8-15(13)19-16/h3,7-8,11H,1,4-6,9-10H2,2H3. The Balaban J connectivity index is 2.18. The summed E-state index contributed by atoms with van der Waals surface area (Å²) in [7, 11) is 0. The molecule has 0 saturated carbocycles. The predicted molar refractivity (Wildman–Crippen MR) is 86.2 cm³/mol. The van der Waals surface area contributed by atoms with Gasteiger partial charge in [0.1, 0.15) is 5.75 Å². The molecule has 102 valence electrons. The molecule has 2 nitrogen and oxygen atoms in total. The van der Waals surface area contributed by atoms with E-state index in [0.717, 1.165) is 31.4 Å². The molecular formula is C16H19IO2. The molecule has 0 radical (unpaired) electrons. The predicted octanol–water partition coefficient (Wildman–Crippen LogP) is 4.83. The molecule has 0 bridgehead atoms. The first kappa shape index (κ1) is 14.4. The lowest BCUT2D eigenvalue weighted by atomic mass is 9.99. The Bertz CT molecular complexity index is 492. The molecule has 1 aliphatic heterocycles. The van der Waals surface area contributed by atoms with Crippen LogP contribution >= 0.6 is 22.6 Å². The van der Waals surface area contributed by atoms with E-state index < -0.39 is 0 Å². The van der Waals surface area contributed by atoms with Gasteiger partial charge in [0.2, 0.25) is 0 Å². The Morgan fingerprint density at radius 2 is 2.32 bits per heavy atom. The van der Waals surface area contributed by atoms with Gasteiger partial charge in [0.15, 0.2) is 0 Å². The fraction of sp³-hybridized carbons (Fsp3) is 0.375. The van der Waals surface area contributed by atoms with Crippen LogP contribution in [0.25, 0.3) is 0 Å². The van der Waals surface area contributed by atoms with Crippen molar-refractivity contribution in [3.8, 4) is 5.75 Å². The van der Waals surface area contributed by atoms with Gasteiger partial charge in [0.25, 0.3) is 5.95 Å². The number of fused-ring (bicyclic) bond motifs is 1. The van der Waals surface area contributed by atoms with Crippen molar-refractivity contribution in [1.82, 2.24) is 0 Å². The van der Waals surface area contributed by atoms with Gasteiger partial charge in [-0.25, -0.2) is 0 Å². The first-order valence-electron chi connectivity index (χ1n) is 6.66. The van der Waals surface area contributed by atoms with Crippen LogP contribution in [-0.2, 0) is 11.2 Å². The molecule has 0 N–H and O–H groups in total. The molecule has 1 aromatic rings. The Morgan fingerprint density at radius 1 is 1.47 bits per heavy atom. The van der Waals surface area contributed by atoms with Gasteiger partial charge in [-0.2, -0.15) is 0 Å². The van der Waals surface area contributed by atoms with Crippen LogP contribution in [-0.4, -0.2) is 6.61 Å². The summed E-state index contributed by atoms with van der Waals surface area (Å²) < 4.78 is 12.9. The van der Waals surface area contributed by atoms with Crippen LogP contribution in [0.4, 0.5) is 0 Å². The molecule has 0 atom stereocenters. The minimum atomic E-state index is 0.631. The van der Waals surface area contributed by atoms with E-state index in [1.807, 2.05) is 12.1 Å². The van der Waals surface area contributed by atoms with E-state index in [1.54, 1.807) is 0 Å². The van der Waals surface area contributed by atoms with Crippen molar-refractivity contribution in [2.45, 2.75) is 32.6 Å². The Morgan fingerprint density at radius 3 is 3.05 bits per heavy atom. The van der Waals surface area contributed by atoms with Crippen molar-refractivity contribution < 1.29 is 9.47 Å². The second kappa shape index (κ2) is 6.98. The number of benzene rings is 1. The molecule has 1 aromatic carbocycles. The van der Waals surface area contributed by atoms with Crippen molar-refractivity contribution in [2.75, 3.05) is 6.61 Å². The summed E-state index contributed by atoms with van der Waals surface area (Å²) in [5.41, 5.74) is 2.52. The molecule has 0 aliphatic carbocycles. The van der Waals surface area contributed by atoms with E-state index in [2.05, 4.69) is 48.2 Å². The summed E-state index contributed by atoms with van der Waals surface area (Å²) >= 11 is 2.33. The van der Waals surface area contributed by atoms with Gasteiger partial charge in [-0.3, -0.25) is 0 Å². The van der Waals surface area contributed by atoms with Crippen LogP contribution in [0, 0.1) is 3.57 Å². The molecule has 0 amide bonds. The summed E-state index contributed by atoms with van der Waals surface area (Å²) in [6, 6.07) is 6.27. The third-order valence-electron chi connectivity index (χ3n) is 3.02. The maximum absolute atomic E-state index is 5.92. The zero-order valence-corrected chi connectivity index (χ0v) is 13.4. The normalized spacial score (nSPS) is 13.8. The number of rotatable bonds is 6. The van der Waals surface area contributed by atoms with Crippen molar-refractivity contribution in [2.24, 2.45) is 0 Å². The van der Waals surface area contributed by atoms with E-state index in [4.69, 9.17) is 9.47 Å². The lowest BCUT2D eigenvalue weighted by molar-refractivity contribution is 0.0992. The average molecular weight is 370 g/mol. The molecule has 2 rings (SSSR count). The maximum Gasteiger partial charge on any atom is 0.284 e. The number of hydrogen-bond donors (Lipinski definition) is 0. The van der Waals surface area contributed by atoms with E-state index in [1.165, 1.54) is 14.7 Å². The highest BCUT2D eigenvalue weighted by Crippen LogP contribution is 2.33. The third-order valence-corrected chi connectivity index (χ3v) is 3.70. The lowest BCUT2D eigenvalue weighted by Crippen LogP contribution is -2.14. The van der Waals surface area contributed by atoms with E-state index in [-0.39, 0.29) is 0 Å². The molecule has 1 aliphatic rings. The molecule has 19 heavy (non-hydrogen) atoms. The van der Waals surface area contributed by atoms with Crippen LogP contribution < -0.4 is 4.74 Å². The van der Waals surface area contributed by atoms with Gasteiger partial charge in [0.05, 0.1) is 6.61 Å². The average Bonchev–Trinajstić information content (AvgIpc) is 2.40. The molecule has 3 heteroatoms. The molecule has 0 spiro atoms. The monoisotopic (exact) mass is 370 g/mol. The SMILES string of the molecule is C=CCCOC1=C(CCC)Cc2cc(I)ccc2O1. The Labute approximate surface area is 128 Å². The largest absolute Gasteiger partial charge is 0.465 e. The summed E-state index contributed by atoms with van der Waals surface area (Å²) in [4.78, 5) is 0. The van der Waals surface area contributed by atoms with Crippen molar-refractivity contribution in [3.05, 3.63) is 51.5 Å². The van der Waals surface area contributed by atoms with Crippen LogP contribution in [0.15, 0.2) is 42.4 Å². The molecule has 0 fully saturated rings. The highest BCUT2D eigenvalue weighted by atomic mass is 127. The first-order chi connectivity index (χ1) is 9.24. The second-order valence-electron chi connectivity index (χ2n) is 4.60. The first-order valence-corrected chi connectivity index (χ1v) is 7.74. The van der Waals surface area contributed by atoms with Crippen molar-refractivity contribution in [3.63, 3.8) is 0 Å². The fourth-order valence-corrected chi connectivity index (χ4v) is 2.67. The van der Waals surface area contributed by atoms with Crippen LogP contribution in [0.1, 0.15) is 31.7 Å². The van der Waals surface area contributed by atoms with Crippen molar-refractivity contribution >= 4 is 22.6 Å². The summed E-state index contributed by atoms with van der Waals surface area (Å²) in [6.07, 6.45) is 5.76. The highest BCUT2D eigenvalue weighted by Gasteiger charge is 2.20. The van der Waals surface area contributed by atoms with Crippen molar-refractivity contribution in [1.29, 1.82) is 0 Å². The van der Waals surface area contributed by atoms with Gasteiger partial charge in [-0.15, -0.1) is 6.58 Å². The van der Waals surface area contributed by atoms with Crippen LogP contribution in [0.3, 0.4) is 0 Å². The van der Waals surface area contributed by atoms with E-state index in [0.29, 0.717) is 12.6 Å². The molecule has 1 heterocycles. The Hall–Kier alpha value is -0.970. The van der Waals surface area contributed by atoms with Gasteiger partial charge in [0, 0.05) is 21.1 Å². The zero-order valence-electron chi connectivity index (χ0n) is 11.2. The van der Waals surface area contributed by atoms with Crippen LogP contribution in [0.2, 0.25) is 0 Å². The quantitative estimate of drug-likeness (QED) is 0.406. The van der Waals surface area contributed by atoms with Gasteiger partial charge < -0.3 is 9.47 Å². The topological polar surface area (TPSA) is 18.5 Å². The molecular weight excluding hydrogens is 351 g/mol. The second-order valence-corrected chi connectivity index (χ2v) is 5.84. The summed E-state index contributed by atoms with van der Waals surface area (Å²) in [5.74, 6) is 1.63. The third kappa shape index (κ3) is 3.75. The van der Waals surface area contributed by atoms with Crippen LogP contribution in [0.5, 0.6) is 5.75 Å². The Kier molecular flexibility index (Phi) is 5.31. The smallest absolute Gasteiger partial charge is 0.284 e. The minimum Gasteiger partial charge on any atom is -0.465 e. The molecule has 0 saturated heterocycles. The summed E-state index contributed by atoms with van der Waals surface area (Å²) in [5, 5.41) is 0. The fourth-order valence-electron chi connectivity index (χ4n) is 2.12. The minimum absolute atomic E-state index is 0.631. The molecule has 0 aromatic heterocycles. The number of halogens is 1. The lowest BCUT2D eigenvalue weighted by Gasteiger charge is -2.23. The molecule has 0 unspecified atom stereocenters. The van der Waals surface area contributed by atoms with E-state index >= 15 is 0 Å².